The van der Waals surface area contributed by atoms with Crippen molar-refractivity contribution in [1.29, 1.82) is 0 Å². The fourth-order valence-corrected chi connectivity index (χ4v) is 4.14. The molecule has 0 aromatic heterocycles. The SMILES string of the molecule is CC1CNCCC1NC(=O)C1(c2cccc(Cl)c2)CCCC1.Cl. The van der Waals surface area contributed by atoms with E-state index in [1.807, 2.05) is 18.2 Å². The molecule has 1 heterocycles. The lowest BCUT2D eigenvalue weighted by molar-refractivity contribution is -0.127. The van der Waals surface area contributed by atoms with Crippen LogP contribution in [0.4, 0.5) is 0 Å². The number of nitrogens with one attached hydrogen (secondary N) is 2. The number of piperidine rings is 1. The molecule has 2 fully saturated rings. The third-order valence-corrected chi connectivity index (χ3v) is 5.61. The number of halogens is 2. The van der Waals surface area contributed by atoms with Crippen LogP contribution in [0.15, 0.2) is 24.3 Å². The number of hydrogen-bond acceptors (Lipinski definition) is 2. The summed E-state index contributed by atoms with van der Waals surface area (Å²) in [6, 6.07) is 8.14. The zero-order valence-corrected chi connectivity index (χ0v) is 15.2. The Morgan fingerprint density at radius 3 is 2.74 bits per heavy atom. The molecular formula is C18H26Cl2N2O. The van der Waals surface area contributed by atoms with Crippen molar-refractivity contribution >= 4 is 29.9 Å². The molecule has 0 radical (unpaired) electrons. The molecule has 1 amide bonds. The van der Waals surface area contributed by atoms with Gasteiger partial charge in [0.25, 0.3) is 0 Å². The summed E-state index contributed by atoms with van der Waals surface area (Å²) in [5, 5.41) is 7.45. The minimum absolute atomic E-state index is 0. The highest BCUT2D eigenvalue weighted by atomic mass is 35.5. The summed E-state index contributed by atoms with van der Waals surface area (Å²) in [6.45, 7) is 4.17. The van der Waals surface area contributed by atoms with Crippen LogP contribution in [0, 0.1) is 5.92 Å². The lowest BCUT2D eigenvalue weighted by Gasteiger charge is -2.35. The quantitative estimate of drug-likeness (QED) is 0.866. The van der Waals surface area contributed by atoms with E-state index in [0.29, 0.717) is 10.9 Å². The molecule has 1 saturated heterocycles. The van der Waals surface area contributed by atoms with Crippen LogP contribution in [0.3, 0.4) is 0 Å². The van der Waals surface area contributed by atoms with E-state index in [-0.39, 0.29) is 29.8 Å². The van der Waals surface area contributed by atoms with Gasteiger partial charge in [-0.25, -0.2) is 0 Å². The van der Waals surface area contributed by atoms with E-state index in [1.165, 1.54) is 0 Å². The Balaban J connectivity index is 0.00000192. The van der Waals surface area contributed by atoms with E-state index < -0.39 is 0 Å². The van der Waals surface area contributed by atoms with Gasteiger partial charge < -0.3 is 10.6 Å². The van der Waals surface area contributed by atoms with E-state index >= 15 is 0 Å². The summed E-state index contributed by atoms with van der Waals surface area (Å²) in [4.78, 5) is 13.1. The maximum atomic E-state index is 13.1. The highest BCUT2D eigenvalue weighted by Gasteiger charge is 2.43. The third-order valence-electron chi connectivity index (χ3n) is 5.37. The van der Waals surface area contributed by atoms with Gasteiger partial charge in [0.2, 0.25) is 5.91 Å². The van der Waals surface area contributed by atoms with Crippen LogP contribution in [0.25, 0.3) is 0 Å². The van der Waals surface area contributed by atoms with Crippen molar-refractivity contribution in [2.24, 2.45) is 5.92 Å². The van der Waals surface area contributed by atoms with Crippen molar-refractivity contribution < 1.29 is 4.79 Å². The largest absolute Gasteiger partial charge is 0.352 e. The Kier molecular flexibility index (Phi) is 6.35. The topological polar surface area (TPSA) is 41.1 Å². The number of amides is 1. The summed E-state index contributed by atoms with van der Waals surface area (Å²) in [6.07, 6.45) is 5.10. The van der Waals surface area contributed by atoms with E-state index in [4.69, 9.17) is 11.6 Å². The summed E-state index contributed by atoms with van der Waals surface area (Å²) < 4.78 is 0. The van der Waals surface area contributed by atoms with E-state index in [1.54, 1.807) is 0 Å². The number of carbonyl (C=O) groups excluding carboxylic acids is 1. The number of rotatable bonds is 3. The number of carbonyl (C=O) groups is 1. The molecular weight excluding hydrogens is 331 g/mol. The Morgan fingerprint density at radius 1 is 1.35 bits per heavy atom. The first-order valence-corrected chi connectivity index (χ1v) is 8.77. The predicted molar refractivity (Wildman–Crippen MR) is 97.4 cm³/mol. The molecule has 3 rings (SSSR count). The molecule has 1 aromatic rings. The van der Waals surface area contributed by atoms with Crippen molar-refractivity contribution in [3.8, 4) is 0 Å². The zero-order valence-electron chi connectivity index (χ0n) is 13.6. The molecule has 128 valence electrons. The first-order chi connectivity index (χ1) is 10.6. The summed E-state index contributed by atoms with van der Waals surface area (Å²) in [5.74, 6) is 0.682. The van der Waals surface area contributed by atoms with Gasteiger partial charge in [0.05, 0.1) is 5.41 Å². The predicted octanol–water partition coefficient (Wildman–Crippen LogP) is 3.69. The fourth-order valence-electron chi connectivity index (χ4n) is 3.95. The smallest absolute Gasteiger partial charge is 0.230 e. The minimum atomic E-state index is -0.379. The van der Waals surface area contributed by atoms with Crippen LogP contribution >= 0.6 is 24.0 Å². The number of benzene rings is 1. The van der Waals surface area contributed by atoms with Crippen molar-refractivity contribution in [3.05, 3.63) is 34.9 Å². The van der Waals surface area contributed by atoms with Gasteiger partial charge in [-0.3, -0.25) is 4.79 Å². The Bertz CT molecular complexity index is 544. The molecule has 2 atom stereocenters. The van der Waals surface area contributed by atoms with Crippen LogP contribution < -0.4 is 10.6 Å². The second-order valence-electron chi connectivity index (χ2n) is 6.85. The Labute approximate surface area is 150 Å². The monoisotopic (exact) mass is 356 g/mol. The molecule has 1 aromatic carbocycles. The molecule has 1 aliphatic heterocycles. The Morgan fingerprint density at radius 2 is 2.09 bits per heavy atom. The van der Waals surface area contributed by atoms with Crippen LogP contribution in [-0.4, -0.2) is 25.0 Å². The van der Waals surface area contributed by atoms with Gasteiger partial charge in [-0.1, -0.05) is 43.5 Å². The highest BCUT2D eigenvalue weighted by Crippen LogP contribution is 2.42. The molecule has 0 bridgehead atoms. The Hall–Kier alpha value is -0.770. The molecule has 5 heteroatoms. The average Bonchev–Trinajstić information content (AvgIpc) is 3.00. The maximum absolute atomic E-state index is 13.1. The summed E-state index contributed by atoms with van der Waals surface area (Å²) >= 11 is 6.17. The lowest BCUT2D eigenvalue weighted by Crippen LogP contribution is -2.53. The van der Waals surface area contributed by atoms with Gasteiger partial charge in [-0.2, -0.15) is 0 Å². The molecule has 3 nitrogen and oxygen atoms in total. The normalized spacial score (nSPS) is 26.3. The summed E-state index contributed by atoms with van der Waals surface area (Å²) in [5.41, 5.74) is 0.701. The van der Waals surface area contributed by atoms with Crippen LogP contribution in [-0.2, 0) is 10.2 Å². The van der Waals surface area contributed by atoms with E-state index in [2.05, 4.69) is 23.6 Å². The molecule has 2 N–H and O–H groups in total. The van der Waals surface area contributed by atoms with Gasteiger partial charge in [0, 0.05) is 11.1 Å². The van der Waals surface area contributed by atoms with Gasteiger partial charge in [0.15, 0.2) is 0 Å². The molecule has 23 heavy (non-hydrogen) atoms. The third kappa shape index (κ3) is 3.84. The second-order valence-corrected chi connectivity index (χ2v) is 7.29. The number of hydrogen-bond donors (Lipinski definition) is 2. The first-order valence-electron chi connectivity index (χ1n) is 8.39. The molecule has 2 aliphatic rings. The van der Waals surface area contributed by atoms with Gasteiger partial charge in [0.1, 0.15) is 0 Å². The van der Waals surface area contributed by atoms with Gasteiger partial charge >= 0.3 is 0 Å². The molecule has 1 saturated carbocycles. The maximum Gasteiger partial charge on any atom is 0.230 e. The van der Waals surface area contributed by atoms with Crippen LogP contribution in [0.5, 0.6) is 0 Å². The first kappa shape index (κ1) is 18.6. The fraction of sp³-hybridized carbons (Fsp3) is 0.611. The summed E-state index contributed by atoms with van der Waals surface area (Å²) in [7, 11) is 0. The van der Waals surface area contributed by atoms with Crippen molar-refractivity contribution in [3.63, 3.8) is 0 Å². The molecule has 2 unspecified atom stereocenters. The molecule has 1 aliphatic carbocycles. The van der Waals surface area contributed by atoms with E-state index in [9.17, 15) is 4.79 Å². The van der Waals surface area contributed by atoms with Crippen molar-refractivity contribution in [1.82, 2.24) is 10.6 Å². The van der Waals surface area contributed by atoms with Crippen LogP contribution in [0.1, 0.15) is 44.6 Å². The van der Waals surface area contributed by atoms with Gasteiger partial charge in [-0.15, -0.1) is 12.4 Å². The lowest BCUT2D eigenvalue weighted by atomic mass is 9.77. The van der Waals surface area contributed by atoms with Gasteiger partial charge in [-0.05, 0) is 56.0 Å². The van der Waals surface area contributed by atoms with E-state index in [0.717, 1.165) is 50.8 Å². The standard InChI is InChI=1S/C18H25ClN2O.ClH/c1-13-12-20-10-7-16(13)21-17(22)18(8-2-3-9-18)14-5-4-6-15(19)11-14;/h4-6,11,13,16,20H,2-3,7-10,12H2,1H3,(H,21,22);1H. The van der Waals surface area contributed by atoms with Crippen molar-refractivity contribution in [2.45, 2.75) is 50.5 Å². The van der Waals surface area contributed by atoms with Crippen LogP contribution in [0.2, 0.25) is 5.02 Å². The molecule has 0 spiro atoms. The second kappa shape index (κ2) is 7.87. The minimum Gasteiger partial charge on any atom is -0.352 e. The zero-order chi connectivity index (χ0) is 15.6. The highest BCUT2D eigenvalue weighted by molar-refractivity contribution is 6.30. The van der Waals surface area contributed by atoms with Crippen molar-refractivity contribution in [2.75, 3.05) is 13.1 Å². The average molecular weight is 357 g/mol.